The molecule has 0 aliphatic heterocycles. The number of carbonyl (C=O) groups excluding carboxylic acids is 2. The molecular weight excluding hydrogens is 328 g/mol. The van der Waals surface area contributed by atoms with Crippen molar-refractivity contribution < 1.29 is 14.3 Å². The van der Waals surface area contributed by atoms with Crippen LogP contribution in [0.2, 0.25) is 0 Å². The van der Waals surface area contributed by atoms with Crippen molar-refractivity contribution in [2.45, 2.75) is 27.2 Å². The van der Waals surface area contributed by atoms with Crippen LogP contribution in [0.1, 0.15) is 25.0 Å². The smallest absolute Gasteiger partial charge is 0.224 e. The van der Waals surface area contributed by atoms with Crippen molar-refractivity contribution in [3.05, 3.63) is 59.7 Å². The van der Waals surface area contributed by atoms with Crippen LogP contribution in [0.4, 0.5) is 5.69 Å². The SMILES string of the molecule is CCOc1ccccc1N(CCNC(=O)Cc1ccccc1C)C(C)=O. The van der Waals surface area contributed by atoms with Gasteiger partial charge < -0.3 is 15.0 Å². The Hall–Kier alpha value is -2.82. The molecule has 0 fully saturated rings. The van der Waals surface area contributed by atoms with Crippen LogP contribution in [-0.4, -0.2) is 31.5 Å². The first-order chi connectivity index (χ1) is 12.5. The fourth-order valence-corrected chi connectivity index (χ4v) is 2.76. The van der Waals surface area contributed by atoms with E-state index in [1.807, 2.05) is 62.4 Å². The molecule has 5 heteroatoms. The van der Waals surface area contributed by atoms with E-state index in [0.29, 0.717) is 31.9 Å². The molecule has 138 valence electrons. The average molecular weight is 354 g/mol. The molecule has 0 aliphatic carbocycles. The van der Waals surface area contributed by atoms with Gasteiger partial charge in [-0.05, 0) is 37.1 Å². The lowest BCUT2D eigenvalue weighted by Crippen LogP contribution is -2.38. The van der Waals surface area contributed by atoms with Crippen LogP contribution in [-0.2, 0) is 16.0 Å². The van der Waals surface area contributed by atoms with Crippen molar-refractivity contribution >= 4 is 17.5 Å². The van der Waals surface area contributed by atoms with Gasteiger partial charge in [-0.2, -0.15) is 0 Å². The first-order valence-corrected chi connectivity index (χ1v) is 8.84. The third-order valence-corrected chi connectivity index (χ3v) is 4.11. The number of carbonyl (C=O) groups is 2. The molecule has 2 aromatic rings. The maximum absolute atomic E-state index is 12.2. The summed E-state index contributed by atoms with van der Waals surface area (Å²) in [6.07, 6.45) is 0.336. The molecule has 26 heavy (non-hydrogen) atoms. The predicted octanol–water partition coefficient (Wildman–Crippen LogP) is 3.11. The van der Waals surface area contributed by atoms with Crippen LogP contribution in [0.3, 0.4) is 0 Å². The number of para-hydroxylation sites is 2. The standard InChI is InChI=1S/C21H26N2O3/c1-4-26-20-12-8-7-11-19(20)23(17(3)24)14-13-22-21(25)15-18-10-6-5-9-16(18)2/h5-12H,4,13-15H2,1-3H3,(H,22,25). The molecule has 2 aromatic carbocycles. The molecular formula is C21H26N2O3. The first kappa shape index (κ1) is 19.5. The highest BCUT2D eigenvalue weighted by Crippen LogP contribution is 2.27. The summed E-state index contributed by atoms with van der Waals surface area (Å²) in [6.45, 7) is 6.70. The van der Waals surface area contributed by atoms with Gasteiger partial charge in [-0.1, -0.05) is 36.4 Å². The van der Waals surface area contributed by atoms with Crippen LogP contribution < -0.4 is 15.0 Å². The van der Waals surface area contributed by atoms with Gasteiger partial charge in [0.25, 0.3) is 0 Å². The molecule has 0 heterocycles. The van der Waals surface area contributed by atoms with E-state index in [1.165, 1.54) is 6.92 Å². The third kappa shape index (κ3) is 5.34. The van der Waals surface area contributed by atoms with E-state index in [1.54, 1.807) is 4.90 Å². The molecule has 0 atom stereocenters. The van der Waals surface area contributed by atoms with Crippen LogP contribution >= 0.6 is 0 Å². The van der Waals surface area contributed by atoms with Gasteiger partial charge >= 0.3 is 0 Å². The predicted molar refractivity (Wildman–Crippen MR) is 104 cm³/mol. The zero-order valence-corrected chi connectivity index (χ0v) is 15.6. The van der Waals surface area contributed by atoms with E-state index in [-0.39, 0.29) is 11.8 Å². The fourth-order valence-electron chi connectivity index (χ4n) is 2.76. The number of benzene rings is 2. The van der Waals surface area contributed by atoms with Crippen LogP contribution in [0.5, 0.6) is 5.75 Å². The second-order valence-electron chi connectivity index (χ2n) is 6.02. The Bertz CT molecular complexity index is 758. The molecule has 0 saturated heterocycles. The summed E-state index contributed by atoms with van der Waals surface area (Å²) in [7, 11) is 0. The highest BCUT2D eigenvalue weighted by molar-refractivity contribution is 5.93. The summed E-state index contributed by atoms with van der Waals surface area (Å²) >= 11 is 0. The Morgan fingerprint density at radius 2 is 1.77 bits per heavy atom. The molecule has 1 N–H and O–H groups in total. The minimum absolute atomic E-state index is 0.0547. The van der Waals surface area contributed by atoms with Gasteiger partial charge in [0.1, 0.15) is 5.75 Å². The number of hydrogen-bond acceptors (Lipinski definition) is 3. The molecule has 2 rings (SSSR count). The third-order valence-electron chi connectivity index (χ3n) is 4.11. The van der Waals surface area contributed by atoms with Crippen molar-refractivity contribution in [2.24, 2.45) is 0 Å². The number of rotatable bonds is 8. The highest BCUT2D eigenvalue weighted by Gasteiger charge is 2.16. The van der Waals surface area contributed by atoms with Gasteiger partial charge in [-0.25, -0.2) is 0 Å². The van der Waals surface area contributed by atoms with E-state index >= 15 is 0 Å². The summed E-state index contributed by atoms with van der Waals surface area (Å²) in [5.74, 6) is 0.516. The summed E-state index contributed by atoms with van der Waals surface area (Å²) in [5.41, 5.74) is 2.82. The zero-order valence-electron chi connectivity index (χ0n) is 15.6. The normalized spacial score (nSPS) is 10.3. The van der Waals surface area contributed by atoms with Gasteiger partial charge in [0.05, 0.1) is 18.7 Å². The minimum Gasteiger partial charge on any atom is -0.492 e. The first-order valence-electron chi connectivity index (χ1n) is 8.84. The maximum atomic E-state index is 12.2. The second-order valence-corrected chi connectivity index (χ2v) is 6.02. The molecule has 0 unspecified atom stereocenters. The average Bonchev–Trinajstić information content (AvgIpc) is 2.61. The van der Waals surface area contributed by atoms with Crippen molar-refractivity contribution in [3.63, 3.8) is 0 Å². The number of aryl methyl sites for hydroxylation is 1. The molecule has 5 nitrogen and oxygen atoms in total. The summed E-state index contributed by atoms with van der Waals surface area (Å²) in [4.78, 5) is 25.9. The lowest BCUT2D eigenvalue weighted by atomic mass is 10.1. The summed E-state index contributed by atoms with van der Waals surface area (Å²) < 4.78 is 5.61. The monoisotopic (exact) mass is 354 g/mol. The van der Waals surface area contributed by atoms with Crippen molar-refractivity contribution in [1.82, 2.24) is 5.32 Å². The van der Waals surface area contributed by atoms with Gasteiger partial charge in [-0.3, -0.25) is 9.59 Å². The summed E-state index contributed by atoms with van der Waals surface area (Å²) in [5, 5.41) is 2.89. The molecule has 0 aromatic heterocycles. The Morgan fingerprint density at radius 3 is 2.46 bits per heavy atom. The van der Waals surface area contributed by atoms with E-state index in [2.05, 4.69) is 5.32 Å². The van der Waals surface area contributed by atoms with Gasteiger partial charge in [0, 0.05) is 20.0 Å². The Kier molecular flexibility index (Phi) is 7.21. The van der Waals surface area contributed by atoms with Crippen molar-refractivity contribution in [3.8, 4) is 5.75 Å². The number of nitrogens with one attached hydrogen (secondary N) is 1. The lowest BCUT2D eigenvalue weighted by molar-refractivity contribution is -0.121. The number of ether oxygens (including phenoxy) is 1. The zero-order chi connectivity index (χ0) is 18.9. The number of hydrogen-bond donors (Lipinski definition) is 1. The van der Waals surface area contributed by atoms with Gasteiger partial charge in [0.15, 0.2) is 0 Å². The number of nitrogens with zero attached hydrogens (tertiary/aromatic N) is 1. The van der Waals surface area contributed by atoms with Crippen LogP contribution in [0.15, 0.2) is 48.5 Å². The largest absolute Gasteiger partial charge is 0.492 e. The molecule has 0 saturated carbocycles. The van der Waals surface area contributed by atoms with E-state index in [0.717, 1.165) is 16.8 Å². The number of anilines is 1. The van der Waals surface area contributed by atoms with Crippen molar-refractivity contribution in [2.75, 3.05) is 24.6 Å². The summed E-state index contributed by atoms with van der Waals surface area (Å²) in [6, 6.07) is 15.3. The molecule has 0 spiro atoms. The van der Waals surface area contributed by atoms with Crippen LogP contribution in [0, 0.1) is 6.92 Å². The van der Waals surface area contributed by atoms with Crippen LogP contribution in [0.25, 0.3) is 0 Å². The Balaban J connectivity index is 1.96. The highest BCUT2D eigenvalue weighted by atomic mass is 16.5. The van der Waals surface area contributed by atoms with E-state index < -0.39 is 0 Å². The number of amides is 2. The van der Waals surface area contributed by atoms with E-state index in [9.17, 15) is 9.59 Å². The topological polar surface area (TPSA) is 58.6 Å². The van der Waals surface area contributed by atoms with E-state index in [4.69, 9.17) is 4.74 Å². The maximum Gasteiger partial charge on any atom is 0.224 e. The Morgan fingerprint density at radius 1 is 1.08 bits per heavy atom. The fraction of sp³-hybridized carbons (Fsp3) is 0.333. The molecule has 0 bridgehead atoms. The Labute approximate surface area is 155 Å². The van der Waals surface area contributed by atoms with Gasteiger partial charge in [-0.15, -0.1) is 0 Å². The molecule has 0 radical (unpaired) electrons. The minimum atomic E-state index is -0.0923. The molecule has 0 aliphatic rings. The second kappa shape index (κ2) is 9.61. The van der Waals surface area contributed by atoms with Gasteiger partial charge in [0.2, 0.25) is 11.8 Å². The lowest BCUT2D eigenvalue weighted by Gasteiger charge is -2.23. The quantitative estimate of drug-likeness (QED) is 0.792. The van der Waals surface area contributed by atoms with Crippen molar-refractivity contribution in [1.29, 1.82) is 0 Å². The molecule has 2 amide bonds.